The summed E-state index contributed by atoms with van der Waals surface area (Å²) < 4.78 is 2.13. The molecule has 0 spiro atoms. The molecule has 4 rings (SSSR count). The van der Waals surface area contributed by atoms with Gasteiger partial charge in [-0.2, -0.15) is 0 Å². The molecule has 1 saturated carbocycles. The second-order valence-corrected chi connectivity index (χ2v) is 6.40. The maximum Gasteiger partial charge on any atom is 0.222 e. The van der Waals surface area contributed by atoms with Crippen LogP contribution in [-0.2, 0) is 4.79 Å². The molecule has 1 aliphatic heterocycles. The summed E-state index contributed by atoms with van der Waals surface area (Å²) in [6.45, 7) is 0. The highest BCUT2D eigenvalue weighted by Gasteiger charge is 2.30. The molecule has 1 fully saturated rings. The van der Waals surface area contributed by atoms with Gasteiger partial charge in [-0.3, -0.25) is 4.79 Å². The van der Waals surface area contributed by atoms with Crippen molar-refractivity contribution in [2.45, 2.75) is 50.6 Å². The maximum absolute atomic E-state index is 12.5. The lowest BCUT2D eigenvalue weighted by atomic mass is 9.95. The van der Waals surface area contributed by atoms with Crippen molar-refractivity contribution in [3.63, 3.8) is 0 Å². The minimum Gasteiger partial charge on any atom is -0.353 e. The number of amides is 1. The molecular weight excluding hydrogens is 274 g/mol. The molecule has 0 bridgehead atoms. The number of hydrogen-bond acceptors (Lipinski definition) is 2. The summed E-state index contributed by atoms with van der Waals surface area (Å²) in [5.41, 5.74) is 3.56. The minimum atomic E-state index is 0.0808. The van der Waals surface area contributed by atoms with Gasteiger partial charge in [0.2, 0.25) is 5.91 Å². The maximum atomic E-state index is 12.5. The highest BCUT2D eigenvalue weighted by Crippen LogP contribution is 2.40. The zero-order valence-corrected chi connectivity index (χ0v) is 12.7. The molecule has 2 aromatic rings. The molecule has 1 aliphatic carbocycles. The van der Waals surface area contributed by atoms with E-state index in [9.17, 15) is 4.79 Å². The van der Waals surface area contributed by atoms with E-state index in [-0.39, 0.29) is 11.9 Å². The molecule has 1 atom stereocenters. The summed E-state index contributed by atoms with van der Waals surface area (Å²) in [5, 5.41) is 3.23. The van der Waals surface area contributed by atoms with Gasteiger partial charge in [0.1, 0.15) is 0 Å². The van der Waals surface area contributed by atoms with Crippen LogP contribution in [-0.4, -0.2) is 21.5 Å². The van der Waals surface area contributed by atoms with Gasteiger partial charge < -0.3 is 9.88 Å². The summed E-state index contributed by atoms with van der Waals surface area (Å²) >= 11 is 0. The molecule has 1 unspecified atom stereocenters. The predicted octanol–water partition coefficient (Wildman–Crippen LogP) is 3.29. The molecule has 0 saturated heterocycles. The number of hydrogen-bond donors (Lipinski definition) is 1. The molecule has 4 nitrogen and oxygen atoms in total. The second-order valence-electron chi connectivity index (χ2n) is 6.40. The van der Waals surface area contributed by atoms with Crippen molar-refractivity contribution < 1.29 is 4.79 Å². The van der Waals surface area contributed by atoms with Gasteiger partial charge in [-0.05, 0) is 18.4 Å². The summed E-state index contributed by atoms with van der Waals surface area (Å²) in [6.07, 6.45) is 10.3. The fraction of sp³-hybridized carbons (Fsp3) is 0.444. The van der Waals surface area contributed by atoms with Gasteiger partial charge in [0.15, 0.2) is 0 Å². The second kappa shape index (κ2) is 5.59. The monoisotopic (exact) mass is 295 g/mol. The van der Waals surface area contributed by atoms with Crippen LogP contribution >= 0.6 is 0 Å². The highest BCUT2D eigenvalue weighted by atomic mass is 16.1. The van der Waals surface area contributed by atoms with Crippen molar-refractivity contribution in [1.29, 1.82) is 0 Å². The number of nitrogens with zero attached hydrogens (tertiary/aromatic N) is 2. The van der Waals surface area contributed by atoms with Crippen molar-refractivity contribution >= 4 is 5.91 Å². The molecule has 0 radical (unpaired) electrons. The van der Waals surface area contributed by atoms with Crippen LogP contribution in [0.1, 0.15) is 50.1 Å². The van der Waals surface area contributed by atoms with Crippen LogP contribution in [0.2, 0.25) is 0 Å². The summed E-state index contributed by atoms with van der Waals surface area (Å²) in [6, 6.07) is 8.78. The molecule has 2 aliphatic rings. The number of aromatic nitrogens is 2. The van der Waals surface area contributed by atoms with Gasteiger partial charge in [0, 0.05) is 11.6 Å². The Bertz CT molecular complexity index is 685. The van der Waals surface area contributed by atoms with Crippen molar-refractivity contribution in [3.05, 3.63) is 42.4 Å². The molecule has 22 heavy (non-hydrogen) atoms. The molecule has 4 heteroatoms. The van der Waals surface area contributed by atoms with Crippen molar-refractivity contribution in [2.24, 2.45) is 0 Å². The Kier molecular flexibility index (Phi) is 3.45. The highest BCUT2D eigenvalue weighted by molar-refractivity contribution is 5.79. The first kappa shape index (κ1) is 13.6. The Balaban J connectivity index is 1.52. The number of nitrogens with one attached hydrogen (secondary N) is 1. The average Bonchev–Trinajstić information content (AvgIpc) is 3.12. The van der Waals surface area contributed by atoms with E-state index in [2.05, 4.69) is 27.0 Å². The minimum absolute atomic E-state index is 0.0808. The quantitative estimate of drug-likeness (QED) is 0.944. The molecular formula is C18H21N3O. The number of fused-ring (bicyclic) bond motifs is 3. The summed E-state index contributed by atoms with van der Waals surface area (Å²) in [7, 11) is 0. The van der Waals surface area contributed by atoms with Gasteiger partial charge in [0.05, 0.1) is 30.7 Å². The Morgan fingerprint density at radius 2 is 2.05 bits per heavy atom. The van der Waals surface area contributed by atoms with Crippen molar-refractivity contribution in [2.75, 3.05) is 0 Å². The first-order valence-corrected chi connectivity index (χ1v) is 8.23. The Labute approximate surface area is 130 Å². The third kappa shape index (κ3) is 2.32. The van der Waals surface area contributed by atoms with Gasteiger partial charge in [-0.25, -0.2) is 4.98 Å². The molecule has 1 amide bonds. The van der Waals surface area contributed by atoms with E-state index >= 15 is 0 Å². The van der Waals surface area contributed by atoms with Crippen LogP contribution in [0, 0.1) is 0 Å². The van der Waals surface area contributed by atoms with Gasteiger partial charge >= 0.3 is 0 Å². The fourth-order valence-electron chi connectivity index (χ4n) is 3.85. The van der Waals surface area contributed by atoms with Gasteiger partial charge in [-0.15, -0.1) is 0 Å². The van der Waals surface area contributed by atoms with Crippen molar-refractivity contribution in [1.82, 2.24) is 14.9 Å². The smallest absolute Gasteiger partial charge is 0.222 e. The molecule has 1 aromatic carbocycles. The zero-order valence-electron chi connectivity index (χ0n) is 12.7. The molecule has 2 heterocycles. The number of benzene rings is 1. The zero-order chi connectivity index (χ0) is 14.9. The predicted molar refractivity (Wildman–Crippen MR) is 85.4 cm³/mol. The number of carbonyl (C=O) groups is 1. The summed E-state index contributed by atoms with van der Waals surface area (Å²) in [5.74, 6) is 0.160. The standard InChI is InChI=1S/C18H21N3O/c22-18(20-13-6-2-1-3-7-13)10-16-14-8-4-5-9-15(14)17-11-19-12-21(16)17/h4-5,8-9,11-13,16H,1-3,6-7,10H2,(H,20,22). The lowest BCUT2D eigenvalue weighted by Gasteiger charge is -2.24. The summed E-state index contributed by atoms with van der Waals surface area (Å²) in [4.78, 5) is 16.7. The first-order chi connectivity index (χ1) is 10.8. The van der Waals surface area contributed by atoms with E-state index in [4.69, 9.17) is 0 Å². The van der Waals surface area contributed by atoms with E-state index in [1.165, 1.54) is 30.4 Å². The van der Waals surface area contributed by atoms with E-state index in [1.54, 1.807) is 0 Å². The first-order valence-electron chi connectivity index (χ1n) is 8.23. The van der Waals surface area contributed by atoms with Crippen LogP contribution in [0.3, 0.4) is 0 Å². The number of carbonyl (C=O) groups excluding carboxylic acids is 1. The van der Waals surface area contributed by atoms with E-state index in [0.29, 0.717) is 12.5 Å². The lowest BCUT2D eigenvalue weighted by Crippen LogP contribution is -2.37. The van der Waals surface area contributed by atoms with Crippen LogP contribution < -0.4 is 5.32 Å². The Morgan fingerprint density at radius 1 is 1.23 bits per heavy atom. The van der Waals surface area contributed by atoms with Crippen LogP contribution in [0.4, 0.5) is 0 Å². The Hall–Kier alpha value is -2.10. The SMILES string of the molecule is O=C(CC1c2ccccc2-c2cncn21)NC1CCCCC1. The lowest BCUT2D eigenvalue weighted by molar-refractivity contribution is -0.122. The van der Waals surface area contributed by atoms with Crippen LogP contribution in [0.15, 0.2) is 36.8 Å². The van der Waals surface area contributed by atoms with Crippen LogP contribution in [0.25, 0.3) is 11.3 Å². The third-order valence-electron chi connectivity index (χ3n) is 4.95. The number of imidazole rings is 1. The van der Waals surface area contributed by atoms with Crippen LogP contribution in [0.5, 0.6) is 0 Å². The van der Waals surface area contributed by atoms with E-state index in [0.717, 1.165) is 18.5 Å². The average molecular weight is 295 g/mol. The van der Waals surface area contributed by atoms with E-state index in [1.807, 2.05) is 24.7 Å². The van der Waals surface area contributed by atoms with Crippen molar-refractivity contribution in [3.8, 4) is 11.3 Å². The fourth-order valence-corrected chi connectivity index (χ4v) is 3.85. The normalized spacial score (nSPS) is 20.5. The number of rotatable bonds is 3. The topological polar surface area (TPSA) is 46.9 Å². The van der Waals surface area contributed by atoms with Gasteiger partial charge in [-0.1, -0.05) is 43.5 Å². The molecule has 114 valence electrons. The third-order valence-corrected chi connectivity index (χ3v) is 4.95. The van der Waals surface area contributed by atoms with E-state index < -0.39 is 0 Å². The molecule has 1 N–H and O–H groups in total. The largest absolute Gasteiger partial charge is 0.353 e. The van der Waals surface area contributed by atoms with Gasteiger partial charge in [0.25, 0.3) is 0 Å². The molecule has 1 aromatic heterocycles. The Morgan fingerprint density at radius 3 is 2.91 bits per heavy atom.